The van der Waals surface area contributed by atoms with E-state index in [1.807, 2.05) is 42.9 Å². The molecule has 4 aromatic rings. The Bertz CT molecular complexity index is 1110. The molecule has 4 heterocycles. The van der Waals surface area contributed by atoms with Crippen LogP contribution in [0.4, 0.5) is 10.6 Å². The van der Waals surface area contributed by atoms with Crippen LogP contribution in [0.15, 0.2) is 36.9 Å². The normalized spacial score (nSPS) is 11.1. The number of aromatic nitrogens is 8. The number of nitrogens with one attached hydrogen (secondary N) is 2. The van der Waals surface area contributed by atoms with Crippen LogP contribution in [0, 0.1) is 0 Å². The zero-order valence-corrected chi connectivity index (χ0v) is 15.6. The maximum Gasteiger partial charge on any atom is 0.320 e. The molecule has 2 amide bonds. The molecular formula is C17H20N10O. The van der Waals surface area contributed by atoms with Gasteiger partial charge < -0.3 is 9.72 Å². The van der Waals surface area contributed by atoms with Crippen molar-refractivity contribution in [2.75, 3.05) is 11.9 Å². The van der Waals surface area contributed by atoms with Gasteiger partial charge in [0.2, 0.25) is 0 Å². The van der Waals surface area contributed by atoms with Gasteiger partial charge in [-0.15, -0.1) is 10.2 Å². The van der Waals surface area contributed by atoms with Crippen LogP contribution in [0.25, 0.3) is 16.8 Å². The number of fused-ring (bicyclic) bond motifs is 1. The smallest absolute Gasteiger partial charge is 0.320 e. The Hall–Kier alpha value is -3.76. The summed E-state index contributed by atoms with van der Waals surface area (Å²) >= 11 is 0. The van der Waals surface area contributed by atoms with Gasteiger partial charge in [-0.25, -0.2) is 9.78 Å². The highest BCUT2D eigenvalue weighted by Gasteiger charge is 2.08. The number of aryl methyl sites for hydroxylation is 2. The molecule has 4 rings (SSSR count). The fraction of sp³-hybridized carbons (Fsp3) is 0.294. The number of nitrogens with zero attached hydrogens (tertiary/aromatic N) is 8. The van der Waals surface area contributed by atoms with Gasteiger partial charge in [0.05, 0.1) is 18.9 Å². The lowest BCUT2D eigenvalue weighted by Gasteiger charge is -2.03. The van der Waals surface area contributed by atoms with Crippen molar-refractivity contribution < 1.29 is 4.79 Å². The van der Waals surface area contributed by atoms with E-state index < -0.39 is 0 Å². The maximum atomic E-state index is 12.1. The largest absolute Gasteiger partial charge is 0.337 e. The van der Waals surface area contributed by atoms with Crippen LogP contribution >= 0.6 is 0 Å². The predicted octanol–water partition coefficient (Wildman–Crippen LogP) is 1.11. The second-order valence-corrected chi connectivity index (χ2v) is 6.24. The minimum absolute atomic E-state index is 0.334. The highest BCUT2D eigenvalue weighted by atomic mass is 16.2. The van der Waals surface area contributed by atoms with Crippen LogP contribution in [-0.2, 0) is 20.0 Å². The van der Waals surface area contributed by atoms with Crippen LogP contribution in [-0.4, -0.2) is 51.9 Å². The van der Waals surface area contributed by atoms with E-state index in [2.05, 4.69) is 36.1 Å². The number of amides is 2. The van der Waals surface area contributed by atoms with E-state index in [1.54, 1.807) is 17.1 Å². The fourth-order valence-electron chi connectivity index (χ4n) is 2.75. The van der Waals surface area contributed by atoms with E-state index in [1.165, 1.54) is 4.80 Å². The minimum atomic E-state index is -0.334. The molecule has 0 atom stereocenters. The zero-order valence-electron chi connectivity index (χ0n) is 15.6. The van der Waals surface area contributed by atoms with Crippen molar-refractivity contribution in [3.05, 3.63) is 42.7 Å². The number of anilines is 1. The molecule has 11 heteroatoms. The molecule has 0 bridgehead atoms. The summed E-state index contributed by atoms with van der Waals surface area (Å²) in [5.41, 5.74) is 2.77. The molecule has 0 aliphatic heterocycles. The lowest BCUT2D eigenvalue weighted by atomic mass is 10.2. The molecule has 2 N–H and O–H groups in total. The number of urea groups is 1. The van der Waals surface area contributed by atoms with E-state index in [0.29, 0.717) is 31.2 Å². The SMILES string of the molecule is CCn1nnc(CCNC(=O)Nc2cn3cc(-c4cnn(C)c4)ccc3n2)n1. The number of tetrazole rings is 1. The molecule has 0 saturated carbocycles. The van der Waals surface area contributed by atoms with Gasteiger partial charge in [0, 0.05) is 43.5 Å². The Morgan fingerprint density at radius 1 is 1.18 bits per heavy atom. The van der Waals surface area contributed by atoms with E-state index in [9.17, 15) is 4.79 Å². The van der Waals surface area contributed by atoms with Crippen molar-refractivity contribution in [2.24, 2.45) is 7.05 Å². The quantitative estimate of drug-likeness (QED) is 0.517. The molecule has 0 unspecified atom stereocenters. The molecule has 4 aromatic heterocycles. The number of hydrogen-bond acceptors (Lipinski definition) is 6. The summed E-state index contributed by atoms with van der Waals surface area (Å²) in [6, 6.07) is 3.53. The minimum Gasteiger partial charge on any atom is -0.337 e. The number of rotatable bonds is 6. The molecule has 0 aliphatic rings. The Morgan fingerprint density at radius 2 is 2.07 bits per heavy atom. The standard InChI is InChI=1S/C17H20N10O/c1-3-27-23-14(22-24-27)6-7-18-17(28)21-15-11-26-10-12(4-5-16(26)20-15)13-8-19-25(2)9-13/h4-5,8-11H,3,6-7H2,1-2H3,(H2,18,21,28). The van der Waals surface area contributed by atoms with Crippen LogP contribution < -0.4 is 10.6 Å². The summed E-state index contributed by atoms with van der Waals surface area (Å²) in [4.78, 5) is 18.0. The van der Waals surface area contributed by atoms with E-state index in [0.717, 1.165) is 16.8 Å². The molecule has 11 nitrogen and oxygen atoms in total. The van der Waals surface area contributed by atoms with Crippen molar-refractivity contribution in [3.8, 4) is 11.1 Å². The third-order valence-electron chi connectivity index (χ3n) is 4.14. The van der Waals surface area contributed by atoms with Crippen LogP contribution in [0.1, 0.15) is 12.7 Å². The molecule has 0 fully saturated rings. The number of carbonyl (C=O) groups excluding carboxylic acids is 1. The average molecular weight is 380 g/mol. The van der Waals surface area contributed by atoms with Gasteiger partial charge in [-0.3, -0.25) is 10.00 Å². The lowest BCUT2D eigenvalue weighted by Crippen LogP contribution is -2.30. The highest BCUT2D eigenvalue weighted by molar-refractivity contribution is 5.88. The molecule has 28 heavy (non-hydrogen) atoms. The van der Waals surface area contributed by atoms with Gasteiger partial charge >= 0.3 is 6.03 Å². The molecule has 0 spiro atoms. The Balaban J connectivity index is 1.36. The van der Waals surface area contributed by atoms with Crippen LogP contribution in [0.5, 0.6) is 0 Å². The van der Waals surface area contributed by atoms with Gasteiger partial charge in [-0.05, 0) is 24.3 Å². The van der Waals surface area contributed by atoms with E-state index >= 15 is 0 Å². The summed E-state index contributed by atoms with van der Waals surface area (Å²) in [7, 11) is 1.88. The van der Waals surface area contributed by atoms with E-state index in [-0.39, 0.29) is 6.03 Å². The summed E-state index contributed by atoms with van der Waals surface area (Å²) in [5, 5.41) is 21.7. The second-order valence-electron chi connectivity index (χ2n) is 6.24. The van der Waals surface area contributed by atoms with Crippen molar-refractivity contribution in [1.82, 2.24) is 44.7 Å². The number of carbonyl (C=O) groups is 1. The molecule has 0 aliphatic carbocycles. The summed E-state index contributed by atoms with van der Waals surface area (Å²) < 4.78 is 3.62. The average Bonchev–Trinajstić information content (AvgIpc) is 3.40. The molecule has 0 saturated heterocycles. The van der Waals surface area contributed by atoms with Gasteiger partial charge in [0.15, 0.2) is 11.6 Å². The van der Waals surface area contributed by atoms with Gasteiger partial charge in [0.25, 0.3) is 0 Å². The first-order valence-corrected chi connectivity index (χ1v) is 8.90. The lowest BCUT2D eigenvalue weighted by molar-refractivity contribution is 0.252. The van der Waals surface area contributed by atoms with Gasteiger partial charge in [-0.2, -0.15) is 9.90 Å². The van der Waals surface area contributed by atoms with E-state index in [4.69, 9.17) is 0 Å². The first-order valence-electron chi connectivity index (χ1n) is 8.90. The Kier molecular flexibility index (Phi) is 4.70. The third-order valence-corrected chi connectivity index (χ3v) is 4.14. The summed E-state index contributed by atoms with van der Waals surface area (Å²) in [6.07, 6.45) is 7.97. The Morgan fingerprint density at radius 3 is 2.82 bits per heavy atom. The van der Waals surface area contributed by atoms with Gasteiger partial charge in [0.1, 0.15) is 5.65 Å². The van der Waals surface area contributed by atoms with Crippen LogP contribution in [0.3, 0.4) is 0 Å². The maximum absolute atomic E-state index is 12.1. The van der Waals surface area contributed by atoms with Crippen molar-refractivity contribution in [3.63, 3.8) is 0 Å². The van der Waals surface area contributed by atoms with Crippen LogP contribution in [0.2, 0.25) is 0 Å². The first kappa shape index (κ1) is 17.6. The molecule has 0 radical (unpaired) electrons. The zero-order chi connectivity index (χ0) is 19.5. The summed E-state index contributed by atoms with van der Waals surface area (Å²) in [6.45, 7) is 3.00. The highest BCUT2D eigenvalue weighted by Crippen LogP contribution is 2.20. The van der Waals surface area contributed by atoms with Crippen molar-refractivity contribution >= 4 is 17.5 Å². The second kappa shape index (κ2) is 7.47. The van der Waals surface area contributed by atoms with Gasteiger partial charge in [-0.1, -0.05) is 0 Å². The van der Waals surface area contributed by atoms with Crippen molar-refractivity contribution in [2.45, 2.75) is 19.9 Å². The monoisotopic (exact) mass is 380 g/mol. The summed E-state index contributed by atoms with van der Waals surface area (Å²) in [5.74, 6) is 1.06. The fourth-order valence-corrected chi connectivity index (χ4v) is 2.75. The number of hydrogen-bond donors (Lipinski definition) is 2. The number of pyridine rings is 1. The molecular weight excluding hydrogens is 360 g/mol. The first-order chi connectivity index (χ1) is 13.6. The molecule has 0 aromatic carbocycles. The third kappa shape index (κ3) is 3.82. The number of imidazole rings is 1. The van der Waals surface area contributed by atoms with Crippen molar-refractivity contribution in [1.29, 1.82) is 0 Å². The Labute approximate surface area is 160 Å². The topological polar surface area (TPSA) is 120 Å². The molecule has 144 valence electrons. The predicted molar refractivity (Wildman–Crippen MR) is 102 cm³/mol.